The van der Waals surface area contributed by atoms with Crippen LogP contribution in [0.5, 0.6) is 11.5 Å². The van der Waals surface area contributed by atoms with Crippen molar-refractivity contribution in [3.63, 3.8) is 0 Å². The largest absolute Gasteiger partial charge is 0.504 e. The van der Waals surface area contributed by atoms with Gasteiger partial charge in [0, 0.05) is 0 Å². The fourth-order valence-corrected chi connectivity index (χ4v) is 2.40. The molecule has 1 aromatic rings. The van der Waals surface area contributed by atoms with Crippen LogP contribution in [0.4, 0.5) is 0 Å². The average molecular weight is 260 g/mol. The summed E-state index contributed by atoms with van der Waals surface area (Å²) in [5, 5.41) is 21.9. The number of methoxy groups -OCH3 is 1. The molecule has 100 valence electrons. The van der Waals surface area contributed by atoms with E-state index in [1.807, 2.05) is 0 Å². The van der Waals surface area contributed by atoms with Crippen LogP contribution in [-0.2, 0) is 0 Å². The second kappa shape index (κ2) is 5.19. The number of benzene rings is 1. The first-order chi connectivity index (χ1) is 9.12. The highest BCUT2D eigenvalue weighted by Gasteiger charge is 2.36. The van der Waals surface area contributed by atoms with E-state index in [1.54, 1.807) is 12.1 Å². The molecule has 0 aliphatic heterocycles. The summed E-state index contributed by atoms with van der Waals surface area (Å²) in [4.78, 5) is 12.2. The van der Waals surface area contributed by atoms with Crippen LogP contribution in [0.3, 0.4) is 0 Å². The van der Waals surface area contributed by atoms with E-state index in [0.717, 1.165) is 12.8 Å². The van der Waals surface area contributed by atoms with Crippen molar-refractivity contribution >= 4 is 5.91 Å². The van der Waals surface area contributed by atoms with Crippen LogP contribution in [0.1, 0.15) is 36.0 Å². The second-order valence-corrected chi connectivity index (χ2v) is 4.71. The zero-order valence-electron chi connectivity index (χ0n) is 10.8. The average Bonchev–Trinajstić information content (AvgIpc) is 2.88. The number of amides is 1. The Morgan fingerprint density at radius 1 is 1.47 bits per heavy atom. The SMILES string of the molecule is COc1cccc(C(=O)NC2(C#N)CCCC2)c1O. The second-order valence-electron chi connectivity index (χ2n) is 4.71. The number of ether oxygens (including phenoxy) is 1. The number of hydrogen-bond donors (Lipinski definition) is 2. The van der Waals surface area contributed by atoms with E-state index in [0.29, 0.717) is 12.8 Å². The highest BCUT2D eigenvalue weighted by Crippen LogP contribution is 2.32. The minimum Gasteiger partial charge on any atom is -0.504 e. The maximum absolute atomic E-state index is 12.2. The van der Waals surface area contributed by atoms with Crippen LogP contribution in [-0.4, -0.2) is 23.7 Å². The number of para-hydroxylation sites is 1. The third-order valence-corrected chi connectivity index (χ3v) is 3.49. The zero-order chi connectivity index (χ0) is 13.9. The molecule has 0 aromatic heterocycles. The lowest BCUT2D eigenvalue weighted by atomic mass is 9.99. The molecule has 5 heteroatoms. The number of carbonyl (C=O) groups is 1. The van der Waals surface area contributed by atoms with E-state index in [9.17, 15) is 15.2 Å². The van der Waals surface area contributed by atoms with Crippen molar-refractivity contribution in [2.75, 3.05) is 7.11 Å². The molecule has 19 heavy (non-hydrogen) atoms. The van der Waals surface area contributed by atoms with Gasteiger partial charge in [0.2, 0.25) is 0 Å². The van der Waals surface area contributed by atoms with Gasteiger partial charge >= 0.3 is 0 Å². The quantitative estimate of drug-likeness (QED) is 0.870. The van der Waals surface area contributed by atoms with Crippen LogP contribution >= 0.6 is 0 Å². The molecule has 0 heterocycles. The smallest absolute Gasteiger partial charge is 0.256 e. The zero-order valence-corrected chi connectivity index (χ0v) is 10.8. The van der Waals surface area contributed by atoms with Crippen LogP contribution < -0.4 is 10.1 Å². The van der Waals surface area contributed by atoms with Crippen LogP contribution in [0, 0.1) is 11.3 Å². The van der Waals surface area contributed by atoms with E-state index in [-0.39, 0.29) is 17.1 Å². The number of aromatic hydroxyl groups is 1. The van der Waals surface area contributed by atoms with E-state index in [4.69, 9.17) is 4.74 Å². The lowest BCUT2D eigenvalue weighted by molar-refractivity contribution is 0.0917. The van der Waals surface area contributed by atoms with Crippen LogP contribution in [0.2, 0.25) is 0 Å². The molecule has 1 aliphatic rings. The van der Waals surface area contributed by atoms with Gasteiger partial charge < -0.3 is 15.2 Å². The maximum Gasteiger partial charge on any atom is 0.256 e. The first-order valence-electron chi connectivity index (χ1n) is 6.21. The molecule has 0 saturated heterocycles. The first-order valence-corrected chi connectivity index (χ1v) is 6.21. The topological polar surface area (TPSA) is 82.3 Å². The molecule has 1 amide bonds. The van der Waals surface area contributed by atoms with E-state index in [2.05, 4.69) is 11.4 Å². The molecule has 1 fully saturated rings. The Kier molecular flexibility index (Phi) is 3.61. The Morgan fingerprint density at radius 3 is 2.74 bits per heavy atom. The standard InChI is InChI=1S/C14H16N2O3/c1-19-11-6-4-5-10(12(11)17)13(18)16-14(9-15)7-2-3-8-14/h4-6,17H,2-3,7-8H2,1H3,(H,16,18). The molecule has 1 aromatic carbocycles. The number of phenolic OH excluding ortho intramolecular Hbond substituents is 1. The highest BCUT2D eigenvalue weighted by atomic mass is 16.5. The van der Waals surface area contributed by atoms with E-state index >= 15 is 0 Å². The number of nitrogens with zero attached hydrogens (tertiary/aromatic N) is 1. The minimum absolute atomic E-state index is 0.126. The summed E-state index contributed by atoms with van der Waals surface area (Å²) < 4.78 is 4.96. The monoisotopic (exact) mass is 260 g/mol. The first kappa shape index (κ1) is 13.2. The molecule has 5 nitrogen and oxygen atoms in total. The predicted molar refractivity (Wildman–Crippen MR) is 68.9 cm³/mol. The van der Waals surface area contributed by atoms with Crippen molar-refractivity contribution in [3.8, 4) is 17.6 Å². The van der Waals surface area contributed by atoms with E-state index in [1.165, 1.54) is 13.2 Å². The summed E-state index contributed by atoms with van der Waals surface area (Å²) in [7, 11) is 1.42. The predicted octanol–water partition coefficient (Wildman–Crippen LogP) is 1.97. The van der Waals surface area contributed by atoms with Gasteiger partial charge in [-0.3, -0.25) is 4.79 Å². The normalized spacial score (nSPS) is 16.6. The van der Waals surface area contributed by atoms with Crippen molar-refractivity contribution in [2.45, 2.75) is 31.2 Å². The molecule has 0 unspecified atom stereocenters. The summed E-state index contributed by atoms with van der Waals surface area (Å²) in [5.74, 6) is -0.404. The lowest BCUT2D eigenvalue weighted by Gasteiger charge is -2.22. The van der Waals surface area contributed by atoms with Crippen LogP contribution in [0.25, 0.3) is 0 Å². The van der Waals surface area contributed by atoms with Gasteiger partial charge in [-0.1, -0.05) is 6.07 Å². The van der Waals surface area contributed by atoms with E-state index < -0.39 is 11.4 Å². The van der Waals surface area contributed by atoms with Crippen LogP contribution in [0.15, 0.2) is 18.2 Å². The molecular formula is C14H16N2O3. The summed E-state index contributed by atoms with van der Waals surface area (Å²) in [5.41, 5.74) is -0.673. The Morgan fingerprint density at radius 2 is 2.16 bits per heavy atom. The molecule has 0 spiro atoms. The Hall–Kier alpha value is -2.22. The Bertz CT molecular complexity index is 528. The minimum atomic E-state index is -0.799. The van der Waals surface area contributed by atoms with Gasteiger partial charge in [0.25, 0.3) is 5.91 Å². The Balaban J connectivity index is 2.23. The molecule has 1 aliphatic carbocycles. The number of phenols is 1. The molecule has 1 saturated carbocycles. The number of carbonyl (C=O) groups excluding carboxylic acids is 1. The fourth-order valence-electron chi connectivity index (χ4n) is 2.40. The number of nitriles is 1. The molecule has 2 rings (SSSR count). The number of hydrogen-bond acceptors (Lipinski definition) is 4. The fraction of sp³-hybridized carbons (Fsp3) is 0.429. The van der Waals surface area contributed by atoms with Gasteiger partial charge in [-0.2, -0.15) is 5.26 Å². The lowest BCUT2D eigenvalue weighted by Crippen LogP contribution is -2.45. The molecular weight excluding hydrogens is 244 g/mol. The van der Waals surface area contributed by atoms with Crippen molar-refractivity contribution in [1.82, 2.24) is 5.32 Å². The summed E-state index contributed by atoms with van der Waals surface area (Å²) in [6.45, 7) is 0. The third kappa shape index (κ3) is 2.48. The molecule has 0 radical (unpaired) electrons. The van der Waals surface area contributed by atoms with Crippen molar-refractivity contribution in [3.05, 3.63) is 23.8 Å². The van der Waals surface area contributed by atoms with Gasteiger partial charge in [-0.25, -0.2) is 0 Å². The molecule has 2 N–H and O–H groups in total. The van der Waals surface area contributed by atoms with Gasteiger partial charge in [0.05, 0.1) is 18.7 Å². The third-order valence-electron chi connectivity index (χ3n) is 3.49. The highest BCUT2D eigenvalue weighted by molar-refractivity contribution is 5.98. The van der Waals surface area contributed by atoms with Gasteiger partial charge in [-0.15, -0.1) is 0 Å². The molecule has 0 bridgehead atoms. The van der Waals surface area contributed by atoms with Crippen molar-refractivity contribution < 1.29 is 14.6 Å². The van der Waals surface area contributed by atoms with Crippen molar-refractivity contribution in [2.24, 2.45) is 0 Å². The summed E-state index contributed by atoms with van der Waals surface area (Å²) in [6, 6.07) is 6.89. The number of nitrogens with one attached hydrogen (secondary N) is 1. The molecule has 0 atom stereocenters. The van der Waals surface area contributed by atoms with Crippen molar-refractivity contribution in [1.29, 1.82) is 5.26 Å². The Labute approximate surface area is 111 Å². The van der Waals surface area contributed by atoms with Gasteiger partial charge in [0.1, 0.15) is 5.54 Å². The number of rotatable bonds is 3. The van der Waals surface area contributed by atoms with Gasteiger partial charge in [-0.05, 0) is 37.8 Å². The van der Waals surface area contributed by atoms with Gasteiger partial charge in [0.15, 0.2) is 11.5 Å². The maximum atomic E-state index is 12.2. The summed E-state index contributed by atoms with van der Waals surface area (Å²) in [6.07, 6.45) is 3.16. The summed E-state index contributed by atoms with van der Waals surface area (Å²) >= 11 is 0.